The van der Waals surface area contributed by atoms with E-state index in [1.165, 1.54) is 11.8 Å². The van der Waals surface area contributed by atoms with Gasteiger partial charge in [-0.1, -0.05) is 88.4 Å². The minimum Gasteiger partial charge on any atom is -0.460 e. The van der Waals surface area contributed by atoms with Crippen LogP contribution in [0.1, 0.15) is 34.4 Å². The second-order valence-electron chi connectivity index (χ2n) is 7.14. The van der Waals surface area contributed by atoms with Crippen LogP contribution in [-0.2, 0) is 23.5 Å². The predicted molar refractivity (Wildman–Crippen MR) is 122 cm³/mol. The molecule has 4 aromatic rings. The molecule has 156 valence electrons. The second-order valence-corrected chi connectivity index (χ2v) is 8.98. The topological polar surface area (TPSA) is 57.4 Å². The fraction of sp³-hybridized carbons (Fsp3) is 0.167. The zero-order chi connectivity index (χ0) is 21.0. The van der Waals surface area contributed by atoms with Crippen LogP contribution in [0, 0.1) is 0 Å². The van der Waals surface area contributed by atoms with E-state index >= 15 is 0 Å². The summed E-state index contributed by atoms with van der Waals surface area (Å²) in [5.74, 6) is 2.12. The van der Waals surface area contributed by atoms with Gasteiger partial charge in [-0.05, 0) is 17.7 Å². The standard InChI is InChI=1S/C24H19BrN2O3S/c25-20-12-18-14-28-23(17-9-5-2-6-10-17)30-22(18)19(13-20)15-31-24-27-26-21(29-24)11-16-7-3-1-4-8-16/h1-10,12-13,23H,11,14-15H2/t23-/m0/s1. The summed E-state index contributed by atoms with van der Waals surface area (Å²) in [6.07, 6.45) is 0.208. The quantitative estimate of drug-likeness (QED) is 0.292. The van der Waals surface area contributed by atoms with Crippen molar-refractivity contribution in [2.45, 2.75) is 30.3 Å². The summed E-state index contributed by atoms with van der Waals surface area (Å²) >= 11 is 5.10. The molecule has 1 aliphatic heterocycles. The Morgan fingerprint density at radius 1 is 0.968 bits per heavy atom. The van der Waals surface area contributed by atoms with Crippen molar-refractivity contribution in [3.8, 4) is 5.75 Å². The summed E-state index contributed by atoms with van der Waals surface area (Å²) in [6.45, 7) is 0.494. The SMILES string of the molecule is Brc1cc2c(c(CSc3nnc(Cc4ccccc4)o3)c1)O[C@@H](c1ccccc1)OC2. The summed E-state index contributed by atoms with van der Waals surface area (Å²) in [5.41, 5.74) is 4.22. The van der Waals surface area contributed by atoms with Crippen molar-refractivity contribution >= 4 is 27.7 Å². The maximum Gasteiger partial charge on any atom is 0.276 e. The Labute approximate surface area is 192 Å². The molecular weight excluding hydrogens is 476 g/mol. The van der Waals surface area contributed by atoms with Crippen molar-refractivity contribution < 1.29 is 13.9 Å². The van der Waals surface area contributed by atoms with E-state index in [0.717, 1.165) is 32.5 Å². The highest BCUT2D eigenvalue weighted by Gasteiger charge is 2.25. The molecule has 31 heavy (non-hydrogen) atoms. The lowest BCUT2D eigenvalue weighted by Gasteiger charge is -2.28. The molecule has 0 aliphatic carbocycles. The van der Waals surface area contributed by atoms with Crippen molar-refractivity contribution in [2.75, 3.05) is 0 Å². The number of benzene rings is 3. The predicted octanol–water partition coefficient (Wildman–Crippen LogP) is 6.32. The smallest absolute Gasteiger partial charge is 0.276 e. The molecule has 5 nitrogen and oxygen atoms in total. The van der Waals surface area contributed by atoms with Gasteiger partial charge in [0.2, 0.25) is 12.2 Å². The second kappa shape index (κ2) is 9.26. The van der Waals surface area contributed by atoms with E-state index in [9.17, 15) is 0 Å². The molecule has 1 atom stereocenters. The Balaban J connectivity index is 1.31. The number of rotatable bonds is 6. The summed E-state index contributed by atoms with van der Waals surface area (Å²) in [4.78, 5) is 0. The van der Waals surface area contributed by atoms with Gasteiger partial charge >= 0.3 is 0 Å². The first-order valence-electron chi connectivity index (χ1n) is 9.88. The first-order chi connectivity index (χ1) is 15.2. The molecule has 0 fully saturated rings. The maximum atomic E-state index is 6.25. The van der Waals surface area contributed by atoms with E-state index in [4.69, 9.17) is 13.9 Å². The minimum atomic E-state index is -0.417. The highest BCUT2D eigenvalue weighted by Crippen LogP contribution is 2.40. The summed E-state index contributed by atoms with van der Waals surface area (Å²) in [7, 11) is 0. The van der Waals surface area contributed by atoms with Crippen LogP contribution in [0.25, 0.3) is 0 Å². The lowest BCUT2D eigenvalue weighted by Crippen LogP contribution is -2.19. The fourth-order valence-electron chi connectivity index (χ4n) is 3.44. The van der Waals surface area contributed by atoms with E-state index in [1.54, 1.807) is 0 Å². The zero-order valence-corrected chi connectivity index (χ0v) is 18.9. The van der Waals surface area contributed by atoms with Crippen LogP contribution in [0.4, 0.5) is 0 Å². The molecule has 0 spiro atoms. The third-order valence-corrected chi connectivity index (χ3v) is 6.22. The number of thioether (sulfide) groups is 1. The number of aromatic nitrogens is 2. The Bertz CT molecular complexity index is 1170. The van der Waals surface area contributed by atoms with Gasteiger partial charge in [0.05, 0.1) is 13.0 Å². The van der Waals surface area contributed by atoms with Gasteiger partial charge in [0.25, 0.3) is 5.22 Å². The molecule has 5 rings (SSSR count). The Morgan fingerprint density at radius 2 is 1.74 bits per heavy atom. The maximum absolute atomic E-state index is 6.25. The first-order valence-corrected chi connectivity index (χ1v) is 11.7. The summed E-state index contributed by atoms with van der Waals surface area (Å²) in [5, 5.41) is 8.92. The van der Waals surface area contributed by atoms with E-state index in [2.05, 4.69) is 32.2 Å². The average Bonchev–Trinajstić information content (AvgIpc) is 3.25. The highest BCUT2D eigenvalue weighted by atomic mass is 79.9. The lowest BCUT2D eigenvalue weighted by molar-refractivity contribution is -0.111. The fourth-order valence-corrected chi connectivity index (χ4v) is 4.74. The molecule has 0 saturated heterocycles. The number of fused-ring (bicyclic) bond motifs is 1. The summed E-state index contributed by atoms with van der Waals surface area (Å²) < 4.78 is 19.0. The normalized spacial score (nSPS) is 15.3. The van der Waals surface area contributed by atoms with E-state index in [-0.39, 0.29) is 0 Å². The zero-order valence-electron chi connectivity index (χ0n) is 16.5. The van der Waals surface area contributed by atoms with E-state index in [0.29, 0.717) is 29.9 Å². The molecule has 0 unspecified atom stereocenters. The Morgan fingerprint density at radius 3 is 2.55 bits per heavy atom. The number of hydrogen-bond acceptors (Lipinski definition) is 6. The van der Waals surface area contributed by atoms with Crippen LogP contribution in [0.3, 0.4) is 0 Å². The van der Waals surface area contributed by atoms with Crippen LogP contribution in [-0.4, -0.2) is 10.2 Å². The van der Waals surface area contributed by atoms with E-state index < -0.39 is 6.29 Å². The molecule has 0 radical (unpaired) electrons. The molecule has 0 N–H and O–H groups in total. The molecule has 2 heterocycles. The van der Waals surface area contributed by atoms with Crippen LogP contribution < -0.4 is 4.74 Å². The molecule has 0 bridgehead atoms. The Hall–Kier alpha value is -2.61. The van der Waals surface area contributed by atoms with Crippen molar-refractivity contribution in [3.63, 3.8) is 0 Å². The highest BCUT2D eigenvalue weighted by molar-refractivity contribution is 9.10. The van der Waals surface area contributed by atoms with Crippen molar-refractivity contribution in [1.82, 2.24) is 10.2 Å². The first kappa shape index (κ1) is 20.3. The molecule has 0 saturated carbocycles. The third kappa shape index (κ3) is 4.84. The third-order valence-electron chi connectivity index (χ3n) is 4.89. The molecule has 1 aliphatic rings. The number of hydrogen-bond donors (Lipinski definition) is 0. The van der Waals surface area contributed by atoms with Gasteiger partial charge in [0.15, 0.2) is 0 Å². The molecule has 7 heteroatoms. The Kier molecular flexibility index (Phi) is 6.06. The average molecular weight is 495 g/mol. The largest absolute Gasteiger partial charge is 0.460 e. The molecule has 3 aromatic carbocycles. The van der Waals surface area contributed by atoms with Crippen molar-refractivity contribution in [2.24, 2.45) is 0 Å². The van der Waals surface area contributed by atoms with Crippen molar-refractivity contribution in [1.29, 1.82) is 0 Å². The lowest BCUT2D eigenvalue weighted by atomic mass is 10.1. The van der Waals surface area contributed by atoms with Gasteiger partial charge in [0, 0.05) is 26.9 Å². The van der Waals surface area contributed by atoms with E-state index in [1.807, 2.05) is 66.7 Å². The molecule has 1 aromatic heterocycles. The van der Waals surface area contributed by atoms with Crippen LogP contribution in [0.2, 0.25) is 0 Å². The minimum absolute atomic E-state index is 0.417. The van der Waals surface area contributed by atoms with Crippen LogP contribution in [0.5, 0.6) is 5.75 Å². The van der Waals surface area contributed by atoms with Crippen LogP contribution >= 0.6 is 27.7 Å². The number of nitrogens with zero attached hydrogens (tertiary/aromatic N) is 2. The monoisotopic (exact) mass is 494 g/mol. The van der Waals surface area contributed by atoms with Crippen LogP contribution in [0.15, 0.2) is 86.9 Å². The van der Waals surface area contributed by atoms with Crippen molar-refractivity contribution in [3.05, 3.63) is 105 Å². The molecular formula is C24H19BrN2O3S. The number of ether oxygens (including phenoxy) is 2. The van der Waals surface area contributed by atoms with Gasteiger partial charge in [-0.2, -0.15) is 0 Å². The number of halogens is 1. The van der Waals surface area contributed by atoms with Gasteiger partial charge in [-0.15, -0.1) is 10.2 Å². The van der Waals surface area contributed by atoms with Gasteiger partial charge < -0.3 is 13.9 Å². The van der Waals surface area contributed by atoms with Gasteiger partial charge in [-0.3, -0.25) is 0 Å². The van der Waals surface area contributed by atoms with Gasteiger partial charge in [0.1, 0.15) is 5.75 Å². The molecule has 0 amide bonds. The van der Waals surface area contributed by atoms with Gasteiger partial charge in [-0.25, -0.2) is 0 Å². The summed E-state index contributed by atoms with van der Waals surface area (Å²) in [6, 6.07) is 24.2.